The summed E-state index contributed by atoms with van der Waals surface area (Å²) in [4.78, 5) is 0. The highest BCUT2D eigenvalue weighted by molar-refractivity contribution is 7.80. The van der Waals surface area contributed by atoms with Crippen molar-refractivity contribution in [2.45, 2.75) is 71.1 Å². The molecule has 2 aliphatic carbocycles. The van der Waals surface area contributed by atoms with Crippen molar-refractivity contribution in [1.29, 1.82) is 0 Å². The zero-order chi connectivity index (χ0) is 19.4. The maximum Gasteiger partial charge on any atom is 0.194 e. The van der Waals surface area contributed by atoms with E-state index in [0.29, 0.717) is 5.05 Å². The highest BCUT2D eigenvalue weighted by atomic mass is 32.1. The van der Waals surface area contributed by atoms with E-state index in [-0.39, 0.29) is 11.7 Å². The SMILES string of the molecule is CCC[C@H]1CC[C@H]([C@H]2CC[C@H](C(=S)Oc3cc(F)c(F)c(F)c3)CC2)CC1. The highest BCUT2D eigenvalue weighted by Gasteiger charge is 2.32. The number of rotatable bonds is 5. The van der Waals surface area contributed by atoms with Crippen molar-refractivity contribution in [3.05, 3.63) is 29.6 Å². The molecular weight excluding hydrogens is 369 g/mol. The molecule has 0 radical (unpaired) electrons. The molecule has 0 aromatic heterocycles. The van der Waals surface area contributed by atoms with Crippen LogP contribution >= 0.6 is 12.2 Å². The molecule has 0 spiro atoms. The molecule has 0 aliphatic heterocycles. The maximum atomic E-state index is 13.3. The van der Waals surface area contributed by atoms with E-state index in [1.165, 1.54) is 38.5 Å². The first-order valence-electron chi connectivity index (χ1n) is 10.3. The summed E-state index contributed by atoms with van der Waals surface area (Å²) in [5.41, 5.74) is 0. The van der Waals surface area contributed by atoms with E-state index < -0.39 is 17.5 Å². The summed E-state index contributed by atoms with van der Waals surface area (Å²) in [5, 5.41) is 0.366. The molecule has 0 N–H and O–H groups in total. The number of hydrogen-bond acceptors (Lipinski definition) is 2. The van der Waals surface area contributed by atoms with E-state index in [4.69, 9.17) is 17.0 Å². The Bertz CT molecular complexity index is 624. The van der Waals surface area contributed by atoms with Crippen LogP contribution in [0.15, 0.2) is 12.1 Å². The van der Waals surface area contributed by atoms with Crippen LogP contribution < -0.4 is 4.74 Å². The number of halogens is 3. The highest BCUT2D eigenvalue weighted by Crippen LogP contribution is 2.42. The summed E-state index contributed by atoms with van der Waals surface area (Å²) >= 11 is 5.35. The molecule has 5 heteroatoms. The molecule has 0 amide bonds. The van der Waals surface area contributed by atoms with E-state index >= 15 is 0 Å². The Morgan fingerprint density at radius 1 is 0.926 bits per heavy atom. The number of thiocarbonyl (C=S) groups is 1. The van der Waals surface area contributed by atoms with Gasteiger partial charge in [0.1, 0.15) is 5.75 Å². The number of benzene rings is 1. The molecule has 2 saturated carbocycles. The van der Waals surface area contributed by atoms with Gasteiger partial charge in [-0.3, -0.25) is 0 Å². The van der Waals surface area contributed by atoms with Crippen LogP contribution in [-0.4, -0.2) is 5.05 Å². The third-order valence-electron chi connectivity index (χ3n) is 6.54. The van der Waals surface area contributed by atoms with Crippen molar-refractivity contribution in [2.75, 3.05) is 0 Å². The van der Waals surface area contributed by atoms with Gasteiger partial charge in [-0.25, -0.2) is 13.2 Å². The van der Waals surface area contributed by atoms with Gasteiger partial charge in [0, 0.05) is 18.1 Å². The quantitative estimate of drug-likeness (QED) is 0.382. The lowest BCUT2D eigenvalue weighted by atomic mass is 9.69. The van der Waals surface area contributed by atoms with Crippen molar-refractivity contribution in [3.8, 4) is 5.75 Å². The third-order valence-corrected chi connectivity index (χ3v) is 6.95. The molecule has 2 fully saturated rings. The standard InChI is InChI=1S/C22H29F3OS/c1-2-3-14-4-6-15(7-5-14)16-8-10-17(11-9-16)22(27)26-18-12-19(23)21(25)20(24)13-18/h12-17H,2-11H2,1H3/t14-,15-,16-,17-. The van der Waals surface area contributed by atoms with Crippen molar-refractivity contribution >= 4 is 17.3 Å². The number of ether oxygens (including phenoxy) is 1. The van der Waals surface area contributed by atoms with Crippen molar-refractivity contribution < 1.29 is 17.9 Å². The van der Waals surface area contributed by atoms with Crippen LogP contribution in [0.2, 0.25) is 0 Å². The molecule has 150 valence electrons. The van der Waals surface area contributed by atoms with Gasteiger partial charge < -0.3 is 4.74 Å². The molecule has 0 bridgehead atoms. The Balaban J connectivity index is 1.47. The maximum absolute atomic E-state index is 13.3. The summed E-state index contributed by atoms with van der Waals surface area (Å²) in [6, 6.07) is 1.70. The van der Waals surface area contributed by atoms with E-state index in [1.54, 1.807) is 0 Å². The van der Waals surface area contributed by atoms with Crippen molar-refractivity contribution in [1.82, 2.24) is 0 Å². The Labute approximate surface area is 165 Å². The topological polar surface area (TPSA) is 9.23 Å². The van der Waals surface area contributed by atoms with Crippen molar-refractivity contribution in [2.24, 2.45) is 23.7 Å². The van der Waals surface area contributed by atoms with Gasteiger partial charge in [0.25, 0.3) is 0 Å². The van der Waals surface area contributed by atoms with Crippen LogP contribution in [-0.2, 0) is 0 Å². The largest absolute Gasteiger partial charge is 0.450 e. The predicted molar refractivity (Wildman–Crippen MR) is 105 cm³/mol. The Morgan fingerprint density at radius 3 is 1.96 bits per heavy atom. The summed E-state index contributed by atoms with van der Waals surface area (Å²) in [5.74, 6) is -1.38. The average Bonchev–Trinajstić information content (AvgIpc) is 2.67. The van der Waals surface area contributed by atoms with Gasteiger partial charge in [0.15, 0.2) is 22.5 Å². The minimum Gasteiger partial charge on any atom is -0.450 e. The molecule has 1 nitrogen and oxygen atoms in total. The second-order valence-corrected chi connectivity index (χ2v) is 8.71. The summed E-state index contributed by atoms with van der Waals surface area (Å²) < 4.78 is 45.2. The molecule has 27 heavy (non-hydrogen) atoms. The average molecular weight is 399 g/mol. The molecule has 2 aliphatic rings. The molecule has 0 saturated heterocycles. The van der Waals surface area contributed by atoms with Gasteiger partial charge in [0.05, 0.1) is 0 Å². The second-order valence-electron chi connectivity index (χ2n) is 8.30. The first kappa shape index (κ1) is 20.6. The zero-order valence-corrected chi connectivity index (χ0v) is 16.8. The van der Waals surface area contributed by atoms with Gasteiger partial charge in [-0.2, -0.15) is 0 Å². The van der Waals surface area contributed by atoms with Gasteiger partial charge in [-0.15, -0.1) is 0 Å². The lowest BCUT2D eigenvalue weighted by Gasteiger charge is -2.37. The summed E-state index contributed by atoms with van der Waals surface area (Å²) in [7, 11) is 0. The monoisotopic (exact) mass is 398 g/mol. The van der Waals surface area contributed by atoms with Crippen LogP contribution in [0.25, 0.3) is 0 Å². The van der Waals surface area contributed by atoms with Crippen molar-refractivity contribution in [3.63, 3.8) is 0 Å². The summed E-state index contributed by atoms with van der Waals surface area (Å²) in [6.07, 6.45) is 12.3. The van der Waals surface area contributed by atoms with Gasteiger partial charge >= 0.3 is 0 Å². The lowest BCUT2D eigenvalue weighted by molar-refractivity contribution is 0.153. The first-order chi connectivity index (χ1) is 13.0. The van der Waals surface area contributed by atoms with E-state index in [2.05, 4.69) is 6.92 Å². The molecule has 0 unspecified atom stereocenters. The minimum absolute atomic E-state index is 0.0623. The first-order valence-corrected chi connectivity index (χ1v) is 10.7. The lowest BCUT2D eigenvalue weighted by Crippen LogP contribution is -2.29. The Kier molecular flexibility index (Phi) is 7.18. The smallest absolute Gasteiger partial charge is 0.194 e. The fraction of sp³-hybridized carbons (Fsp3) is 0.682. The Morgan fingerprint density at radius 2 is 1.44 bits per heavy atom. The fourth-order valence-electron chi connectivity index (χ4n) is 4.97. The van der Waals surface area contributed by atoms with Crippen LogP contribution in [0, 0.1) is 41.1 Å². The van der Waals surface area contributed by atoms with Crippen LogP contribution in [0.3, 0.4) is 0 Å². The molecule has 3 rings (SSSR count). The zero-order valence-electron chi connectivity index (χ0n) is 16.0. The fourth-order valence-corrected chi connectivity index (χ4v) is 5.31. The second kappa shape index (κ2) is 9.40. The van der Waals surface area contributed by atoms with E-state index in [9.17, 15) is 13.2 Å². The number of hydrogen-bond donors (Lipinski definition) is 0. The van der Waals surface area contributed by atoms with Gasteiger partial charge in [-0.1, -0.05) is 32.6 Å². The third kappa shape index (κ3) is 5.24. The van der Waals surface area contributed by atoms with E-state index in [0.717, 1.165) is 55.6 Å². The molecular formula is C22H29F3OS. The molecule has 1 aromatic carbocycles. The van der Waals surface area contributed by atoms with Gasteiger partial charge in [0.2, 0.25) is 0 Å². The Hall–Kier alpha value is -1.10. The normalized spacial score (nSPS) is 28.7. The molecule has 1 aromatic rings. The predicted octanol–water partition coefficient (Wildman–Crippen LogP) is 7.22. The van der Waals surface area contributed by atoms with Crippen LogP contribution in [0.4, 0.5) is 13.2 Å². The minimum atomic E-state index is -1.48. The van der Waals surface area contributed by atoms with Crippen LogP contribution in [0.1, 0.15) is 71.1 Å². The summed E-state index contributed by atoms with van der Waals surface area (Å²) in [6.45, 7) is 2.27. The molecule has 0 heterocycles. The van der Waals surface area contributed by atoms with Crippen LogP contribution in [0.5, 0.6) is 5.75 Å². The van der Waals surface area contributed by atoms with E-state index in [1.807, 2.05) is 0 Å². The van der Waals surface area contributed by atoms with Gasteiger partial charge in [-0.05, 0) is 68.5 Å². The molecule has 0 atom stereocenters.